The molecule has 0 heterocycles. The van der Waals surface area contributed by atoms with Crippen LogP contribution in [-0.2, 0) is 6.42 Å². The van der Waals surface area contributed by atoms with E-state index in [1.807, 2.05) is 19.1 Å². The number of aryl methyl sites for hydroxylation is 1. The Bertz CT molecular complexity index is 869. The largest absolute Gasteiger partial charge is 0.208 e. The standard InChI is InChI=1S/C28H36F2/c1-3-5-7-9-21-11-14-23(15-12-21)27(29)28(30)26-18-17-24-19-22(10-8-6-4-2)13-16-25(24)20-26/h4,6,13,16-21,23H,3,5,7-12,14-15H2,1-2H3/b6-4+,28-27?. The van der Waals surface area contributed by atoms with Gasteiger partial charge in [0.2, 0.25) is 0 Å². The second kappa shape index (κ2) is 11.4. The number of hydrogen-bond acceptors (Lipinski definition) is 0. The minimum absolute atomic E-state index is 0.253. The number of unbranched alkanes of at least 4 members (excludes halogenated alkanes) is 2. The van der Waals surface area contributed by atoms with Crippen molar-refractivity contribution in [2.75, 3.05) is 0 Å². The maximum Gasteiger partial charge on any atom is 0.162 e. The number of fused-ring (bicyclic) bond motifs is 1. The second-order valence-corrected chi connectivity index (χ2v) is 8.88. The van der Waals surface area contributed by atoms with Crippen LogP contribution in [0.5, 0.6) is 0 Å². The van der Waals surface area contributed by atoms with E-state index in [4.69, 9.17) is 0 Å². The van der Waals surface area contributed by atoms with Gasteiger partial charge in [-0.1, -0.05) is 75.1 Å². The lowest BCUT2D eigenvalue weighted by atomic mass is 9.79. The summed E-state index contributed by atoms with van der Waals surface area (Å²) in [5.74, 6) is -0.753. The minimum atomic E-state index is -0.663. The van der Waals surface area contributed by atoms with Gasteiger partial charge in [-0.25, -0.2) is 8.78 Å². The molecule has 0 N–H and O–H groups in total. The Morgan fingerprint density at radius 2 is 1.70 bits per heavy atom. The van der Waals surface area contributed by atoms with Gasteiger partial charge in [0.05, 0.1) is 0 Å². The minimum Gasteiger partial charge on any atom is -0.208 e. The summed E-state index contributed by atoms with van der Waals surface area (Å²) in [6.45, 7) is 4.25. The van der Waals surface area contributed by atoms with Gasteiger partial charge in [-0.2, -0.15) is 0 Å². The summed E-state index contributed by atoms with van der Waals surface area (Å²) in [6.07, 6.45) is 14.9. The average molecular weight is 411 g/mol. The zero-order chi connectivity index (χ0) is 21.3. The first-order chi connectivity index (χ1) is 14.6. The van der Waals surface area contributed by atoms with Crippen LogP contribution in [0.15, 0.2) is 54.4 Å². The second-order valence-electron chi connectivity index (χ2n) is 8.88. The molecule has 0 unspecified atom stereocenters. The highest BCUT2D eigenvalue weighted by atomic mass is 19.2. The fraction of sp³-hybridized carbons (Fsp3) is 0.500. The molecule has 1 aliphatic carbocycles. The van der Waals surface area contributed by atoms with Gasteiger partial charge in [0, 0.05) is 11.5 Å². The topological polar surface area (TPSA) is 0 Å². The molecule has 2 heteroatoms. The average Bonchev–Trinajstić information content (AvgIpc) is 2.78. The van der Waals surface area contributed by atoms with Crippen molar-refractivity contribution in [3.63, 3.8) is 0 Å². The molecule has 1 saturated carbocycles. The fourth-order valence-corrected chi connectivity index (χ4v) is 4.71. The van der Waals surface area contributed by atoms with Crippen LogP contribution in [0.3, 0.4) is 0 Å². The highest BCUT2D eigenvalue weighted by Crippen LogP contribution is 2.39. The highest BCUT2D eigenvalue weighted by molar-refractivity contribution is 5.86. The molecule has 0 spiro atoms. The molecule has 0 aromatic heterocycles. The van der Waals surface area contributed by atoms with Crippen molar-refractivity contribution in [2.24, 2.45) is 11.8 Å². The molecule has 2 aromatic rings. The van der Waals surface area contributed by atoms with Crippen LogP contribution in [-0.4, -0.2) is 0 Å². The lowest BCUT2D eigenvalue weighted by Gasteiger charge is -2.27. The molecule has 0 atom stereocenters. The van der Waals surface area contributed by atoms with Crippen LogP contribution in [0.25, 0.3) is 16.6 Å². The molecule has 162 valence electrons. The first-order valence-corrected chi connectivity index (χ1v) is 11.8. The van der Waals surface area contributed by atoms with Crippen molar-refractivity contribution >= 4 is 16.6 Å². The third-order valence-electron chi connectivity index (χ3n) is 6.62. The molecule has 1 aliphatic rings. The number of rotatable bonds is 9. The number of halogens is 2. The summed E-state index contributed by atoms with van der Waals surface area (Å²) in [4.78, 5) is 0. The fourth-order valence-electron chi connectivity index (χ4n) is 4.71. The van der Waals surface area contributed by atoms with Gasteiger partial charge in [-0.3, -0.25) is 0 Å². The third-order valence-corrected chi connectivity index (χ3v) is 6.62. The predicted molar refractivity (Wildman–Crippen MR) is 126 cm³/mol. The van der Waals surface area contributed by atoms with Crippen LogP contribution < -0.4 is 0 Å². The summed E-state index contributed by atoms with van der Waals surface area (Å²) in [6, 6.07) is 11.7. The van der Waals surface area contributed by atoms with Crippen LogP contribution >= 0.6 is 0 Å². The Morgan fingerprint density at radius 3 is 2.43 bits per heavy atom. The molecule has 1 fully saturated rings. The maximum atomic E-state index is 15.0. The highest BCUT2D eigenvalue weighted by Gasteiger charge is 2.26. The first kappa shape index (κ1) is 22.7. The van der Waals surface area contributed by atoms with E-state index >= 15 is 0 Å². The zero-order valence-corrected chi connectivity index (χ0v) is 18.6. The zero-order valence-electron chi connectivity index (χ0n) is 18.6. The number of hydrogen-bond donors (Lipinski definition) is 0. The molecule has 0 radical (unpaired) electrons. The van der Waals surface area contributed by atoms with E-state index in [1.54, 1.807) is 12.1 Å². The van der Waals surface area contributed by atoms with E-state index in [2.05, 4.69) is 31.2 Å². The van der Waals surface area contributed by atoms with Gasteiger partial charge >= 0.3 is 0 Å². The summed E-state index contributed by atoms with van der Waals surface area (Å²) >= 11 is 0. The van der Waals surface area contributed by atoms with E-state index in [0.717, 1.165) is 49.3 Å². The molecule has 0 aliphatic heterocycles. The van der Waals surface area contributed by atoms with E-state index in [1.165, 1.54) is 31.2 Å². The predicted octanol–water partition coefficient (Wildman–Crippen LogP) is 9.34. The normalized spacial score (nSPS) is 20.7. The van der Waals surface area contributed by atoms with Crippen LogP contribution in [0.4, 0.5) is 8.78 Å². The number of benzene rings is 2. The molecule has 3 rings (SSSR count). The van der Waals surface area contributed by atoms with Gasteiger partial charge in [0.25, 0.3) is 0 Å². The third kappa shape index (κ3) is 6.03. The molecule has 2 aromatic carbocycles. The van der Waals surface area contributed by atoms with Crippen molar-refractivity contribution in [2.45, 2.75) is 78.1 Å². The maximum absolute atomic E-state index is 15.0. The molecule has 0 saturated heterocycles. The van der Waals surface area contributed by atoms with Crippen molar-refractivity contribution in [1.82, 2.24) is 0 Å². The van der Waals surface area contributed by atoms with Crippen LogP contribution in [0, 0.1) is 11.8 Å². The SMILES string of the molecule is C/C=C/CCc1ccc2cc(C(F)=C(F)C3CCC(CCCCC)CC3)ccc2c1. The molecular weight excluding hydrogens is 374 g/mol. The molecular formula is C28H36F2. The van der Waals surface area contributed by atoms with Crippen molar-refractivity contribution in [3.8, 4) is 0 Å². The van der Waals surface area contributed by atoms with Crippen LogP contribution in [0.2, 0.25) is 0 Å². The Morgan fingerprint density at radius 1 is 0.967 bits per heavy atom. The number of allylic oxidation sites excluding steroid dienone is 3. The Kier molecular flexibility index (Phi) is 8.66. The molecule has 0 amide bonds. The summed E-state index contributed by atoms with van der Waals surface area (Å²) in [5, 5.41) is 2.04. The van der Waals surface area contributed by atoms with Crippen molar-refractivity contribution in [1.29, 1.82) is 0 Å². The summed E-state index contributed by atoms with van der Waals surface area (Å²) < 4.78 is 29.9. The Labute approximate surface area is 181 Å². The van der Waals surface area contributed by atoms with E-state index in [-0.39, 0.29) is 5.92 Å². The lowest BCUT2D eigenvalue weighted by molar-refractivity contribution is 0.258. The van der Waals surface area contributed by atoms with Crippen LogP contribution in [0.1, 0.15) is 82.8 Å². The van der Waals surface area contributed by atoms with Gasteiger partial charge < -0.3 is 0 Å². The quantitative estimate of drug-likeness (QED) is 0.285. The molecule has 0 bridgehead atoms. The lowest BCUT2D eigenvalue weighted by Crippen LogP contribution is -2.15. The van der Waals surface area contributed by atoms with E-state index < -0.39 is 11.7 Å². The molecule has 30 heavy (non-hydrogen) atoms. The first-order valence-electron chi connectivity index (χ1n) is 11.8. The van der Waals surface area contributed by atoms with Gasteiger partial charge in [0.1, 0.15) is 5.83 Å². The van der Waals surface area contributed by atoms with Gasteiger partial charge in [0.15, 0.2) is 5.83 Å². The summed E-state index contributed by atoms with van der Waals surface area (Å²) in [5.41, 5.74) is 1.64. The smallest absolute Gasteiger partial charge is 0.162 e. The van der Waals surface area contributed by atoms with Crippen molar-refractivity contribution in [3.05, 3.63) is 65.5 Å². The van der Waals surface area contributed by atoms with Gasteiger partial charge in [-0.05, 0) is 73.8 Å². The Balaban J connectivity index is 1.66. The Hall–Kier alpha value is -1.96. The monoisotopic (exact) mass is 410 g/mol. The van der Waals surface area contributed by atoms with Gasteiger partial charge in [-0.15, -0.1) is 0 Å². The molecule has 0 nitrogen and oxygen atoms in total. The van der Waals surface area contributed by atoms with E-state index in [9.17, 15) is 8.78 Å². The summed E-state index contributed by atoms with van der Waals surface area (Å²) in [7, 11) is 0. The van der Waals surface area contributed by atoms with E-state index in [0.29, 0.717) is 11.5 Å². The van der Waals surface area contributed by atoms with Crippen molar-refractivity contribution < 1.29 is 8.78 Å².